The summed E-state index contributed by atoms with van der Waals surface area (Å²) in [5.74, 6) is 1.02. The summed E-state index contributed by atoms with van der Waals surface area (Å²) in [6.07, 6.45) is 4.40. The van der Waals surface area contributed by atoms with E-state index in [1.165, 1.54) is 11.1 Å². The topological polar surface area (TPSA) is 51.4 Å². The molecule has 1 aliphatic heterocycles. The van der Waals surface area contributed by atoms with Gasteiger partial charge in [0.1, 0.15) is 5.75 Å². The molecule has 0 bridgehead atoms. The lowest BCUT2D eigenvalue weighted by atomic mass is 10.1. The second-order valence-electron chi connectivity index (χ2n) is 4.94. The highest BCUT2D eigenvalue weighted by molar-refractivity contribution is 9.10. The van der Waals surface area contributed by atoms with Gasteiger partial charge in [-0.1, -0.05) is 15.9 Å². The van der Waals surface area contributed by atoms with Crippen LogP contribution in [0.2, 0.25) is 0 Å². The highest BCUT2D eigenvalue weighted by Crippen LogP contribution is 2.34. The Balaban J connectivity index is 1.90. The van der Waals surface area contributed by atoms with Gasteiger partial charge >= 0.3 is 0 Å². The van der Waals surface area contributed by atoms with Crippen LogP contribution in [0.1, 0.15) is 11.1 Å². The molecule has 20 heavy (non-hydrogen) atoms. The highest BCUT2D eigenvalue weighted by Gasteiger charge is 2.18. The number of anilines is 2. The minimum absolute atomic E-state index is 0.683. The summed E-state index contributed by atoms with van der Waals surface area (Å²) in [5.41, 5.74) is 10.1. The van der Waals surface area contributed by atoms with E-state index in [1.807, 2.05) is 13.1 Å². The molecule has 1 aromatic carbocycles. The van der Waals surface area contributed by atoms with Crippen molar-refractivity contribution in [1.82, 2.24) is 4.98 Å². The predicted octanol–water partition coefficient (Wildman–Crippen LogP) is 3.00. The molecule has 0 atom stereocenters. The number of hydrogen-bond acceptors (Lipinski definition) is 4. The first-order valence-electron chi connectivity index (χ1n) is 6.50. The van der Waals surface area contributed by atoms with Crippen LogP contribution >= 0.6 is 15.9 Å². The maximum absolute atomic E-state index is 5.97. The molecule has 1 aliphatic rings. The zero-order valence-corrected chi connectivity index (χ0v) is 12.9. The highest BCUT2D eigenvalue weighted by atomic mass is 79.9. The van der Waals surface area contributed by atoms with E-state index in [9.17, 15) is 0 Å². The number of aromatic nitrogens is 1. The van der Waals surface area contributed by atoms with Crippen LogP contribution < -0.4 is 15.4 Å². The predicted molar refractivity (Wildman–Crippen MR) is 84.1 cm³/mol. The molecular weight excluding hydrogens is 318 g/mol. The summed E-state index contributed by atoms with van der Waals surface area (Å²) in [6.45, 7) is 1.51. The monoisotopic (exact) mass is 333 g/mol. The van der Waals surface area contributed by atoms with Crippen LogP contribution in [0.3, 0.4) is 0 Å². The number of fused-ring (bicyclic) bond motifs is 1. The van der Waals surface area contributed by atoms with E-state index in [0.29, 0.717) is 5.69 Å². The van der Waals surface area contributed by atoms with E-state index >= 15 is 0 Å². The SMILES string of the molecule is CN(Cc1cc(Br)cc2c1OCC2)c1ccncc1N. The van der Waals surface area contributed by atoms with E-state index < -0.39 is 0 Å². The van der Waals surface area contributed by atoms with Gasteiger partial charge in [0, 0.05) is 36.2 Å². The number of nitrogens with two attached hydrogens (primary N) is 1. The molecule has 0 unspecified atom stereocenters. The molecule has 2 N–H and O–H groups in total. The zero-order chi connectivity index (χ0) is 14.1. The molecule has 0 spiro atoms. The summed E-state index contributed by atoms with van der Waals surface area (Å²) in [4.78, 5) is 6.13. The molecule has 0 saturated heterocycles. The first-order chi connectivity index (χ1) is 9.65. The van der Waals surface area contributed by atoms with Crippen molar-refractivity contribution in [3.63, 3.8) is 0 Å². The third-order valence-electron chi connectivity index (χ3n) is 3.47. The van der Waals surface area contributed by atoms with Crippen molar-refractivity contribution in [2.75, 3.05) is 24.3 Å². The Bertz CT molecular complexity index is 645. The van der Waals surface area contributed by atoms with Gasteiger partial charge < -0.3 is 15.4 Å². The van der Waals surface area contributed by atoms with E-state index in [-0.39, 0.29) is 0 Å². The third-order valence-corrected chi connectivity index (χ3v) is 3.93. The van der Waals surface area contributed by atoms with Gasteiger partial charge in [0.2, 0.25) is 0 Å². The second kappa shape index (κ2) is 5.32. The van der Waals surface area contributed by atoms with Crippen molar-refractivity contribution >= 4 is 27.3 Å². The van der Waals surface area contributed by atoms with Crippen molar-refractivity contribution in [3.8, 4) is 5.75 Å². The van der Waals surface area contributed by atoms with Gasteiger partial charge in [0.15, 0.2) is 0 Å². The van der Waals surface area contributed by atoms with Crippen LogP contribution in [0.15, 0.2) is 35.1 Å². The Kier molecular flexibility index (Phi) is 3.53. The number of pyridine rings is 1. The summed E-state index contributed by atoms with van der Waals surface area (Å²) in [5, 5.41) is 0. The Morgan fingerprint density at radius 1 is 1.45 bits per heavy atom. The Labute approximate surface area is 126 Å². The number of halogens is 1. The maximum Gasteiger partial charge on any atom is 0.127 e. The fourth-order valence-corrected chi connectivity index (χ4v) is 3.10. The zero-order valence-electron chi connectivity index (χ0n) is 11.3. The summed E-state index contributed by atoms with van der Waals surface area (Å²) < 4.78 is 6.85. The fraction of sp³-hybridized carbons (Fsp3) is 0.267. The van der Waals surface area contributed by atoms with Gasteiger partial charge in [0.05, 0.1) is 24.2 Å². The number of benzene rings is 1. The van der Waals surface area contributed by atoms with Crippen LogP contribution in [0.4, 0.5) is 11.4 Å². The molecule has 0 fully saturated rings. The molecule has 2 heterocycles. The number of nitrogen functional groups attached to an aromatic ring is 1. The third kappa shape index (κ3) is 2.45. The lowest BCUT2D eigenvalue weighted by Gasteiger charge is -2.22. The Hall–Kier alpha value is -1.75. The Morgan fingerprint density at radius 2 is 2.30 bits per heavy atom. The summed E-state index contributed by atoms with van der Waals surface area (Å²) in [7, 11) is 2.02. The first kappa shape index (κ1) is 13.2. The fourth-order valence-electron chi connectivity index (χ4n) is 2.55. The molecule has 0 radical (unpaired) electrons. The molecular formula is C15H16BrN3O. The molecule has 4 nitrogen and oxygen atoms in total. The van der Waals surface area contributed by atoms with Gasteiger partial charge in [-0.25, -0.2) is 0 Å². The Morgan fingerprint density at radius 3 is 3.10 bits per heavy atom. The molecule has 104 valence electrons. The average Bonchev–Trinajstić information content (AvgIpc) is 2.87. The molecule has 1 aromatic heterocycles. The van der Waals surface area contributed by atoms with E-state index in [4.69, 9.17) is 10.5 Å². The second-order valence-corrected chi connectivity index (χ2v) is 5.86. The van der Waals surface area contributed by atoms with E-state index in [2.05, 4.69) is 37.9 Å². The number of ether oxygens (including phenoxy) is 1. The molecule has 0 aliphatic carbocycles. The lowest BCUT2D eigenvalue weighted by molar-refractivity contribution is 0.353. The van der Waals surface area contributed by atoms with E-state index in [1.54, 1.807) is 12.4 Å². The standard InChI is InChI=1S/C15H16BrN3O/c1-19(14-2-4-18-8-13(14)17)9-11-7-12(16)6-10-3-5-20-15(10)11/h2,4,6-8H,3,5,9,17H2,1H3. The lowest BCUT2D eigenvalue weighted by Crippen LogP contribution is -2.18. The van der Waals surface area contributed by atoms with Crippen LogP contribution in [0, 0.1) is 0 Å². The van der Waals surface area contributed by atoms with Gasteiger partial charge in [-0.2, -0.15) is 0 Å². The van der Waals surface area contributed by atoms with Crippen molar-refractivity contribution in [2.24, 2.45) is 0 Å². The van der Waals surface area contributed by atoms with Crippen molar-refractivity contribution in [3.05, 3.63) is 46.2 Å². The van der Waals surface area contributed by atoms with Crippen molar-refractivity contribution < 1.29 is 4.74 Å². The maximum atomic E-state index is 5.97. The van der Waals surface area contributed by atoms with Crippen molar-refractivity contribution in [1.29, 1.82) is 0 Å². The molecule has 2 aromatic rings. The first-order valence-corrected chi connectivity index (χ1v) is 7.29. The summed E-state index contributed by atoms with van der Waals surface area (Å²) in [6, 6.07) is 6.17. The largest absolute Gasteiger partial charge is 0.493 e. The quantitative estimate of drug-likeness (QED) is 0.938. The average molecular weight is 334 g/mol. The molecule has 5 heteroatoms. The minimum Gasteiger partial charge on any atom is -0.493 e. The van der Waals surface area contributed by atoms with Gasteiger partial charge in [-0.3, -0.25) is 4.98 Å². The number of nitrogens with zero attached hydrogens (tertiary/aromatic N) is 2. The smallest absolute Gasteiger partial charge is 0.127 e. The van der Waals surface area contributed by atoms with Crippen LogP contribution in [-0.2, 0) is 13.0 Å². The minimum atomic E-state index is 0.683. The van der Waals surface area contributed by atoms with Gasteiger partial charge in [-0.15, -0.1) is 0 Å². The normalized spacial score (nSPS) is 12.9. The molecule has 3 rings (SSSR count). The van der Waals surface area contributed by atoms with E-state index in [0.717, 1.165) is 35.5 Å². The van der Waals surface area contributed by atoms with Gasteiger partial charge in [0.25, 0.3) is 0 Å². The van der Waals surface area contributed by atoms with Crippen LogP contribution in [-0.4, -0.2) is 18.6 Å². The van der Waals surface area contributed by atoms with Crippen LogP contribution in [0.25, 0.3) is 0 Å². The van der Waals surface area contributed by atoms with Crippen molar-refractivity contribution in [2.45, 2.75) is 13.0 Å². The number of hydrogen-bond donors (Lipinski definition) is 1. The number of rotatable bonds is 3. The van der Waals surface area contributed by atoms with Gasteiger partial charge in [-0.05, 0) is 23.8 Å². The van der Waals surface area contributed by atoms with Crippen LogP contribution in [0.5, 0.6) is 5.75 Å². The molecule has 0 saturated carbocycles. The summed E-state index contributed by atoms with van der Waals surface area (Å²) >= 11 is 3.57. The molecule has 0 amide bonds.